The molecule has 0 atom stereocenters. The molecule has 0 amide bonds. The van der Waals surface area contributed by atoms with Gasteiger partial charge in [0.15, 0.2) is 0 Å². The van der Waals surface area contributed by atoms with Crippen molar-refractivity contribution in [2.24, 2.45) is 0 Å². The zero-order valence-corrected chi connectivity index (χ0v) is 20.6. The molecular formula is C36H22N2. The van der Waals surface area contributed by atoms with Crippen molar-refractivity contribution in [3.8, 4) is 22.5 Å². The topological polar surface area (TPSA) is 25.8 Å². The Bertz CT molecular complexity index is 2130. The third-order valence-electron chi connectivity index (χ3n) is 7.63. The molecule has 2 aromatic heterocycles. The van der Waals surface area contributed by atoms with Gasteiger partial charge in [0, 0.05) is 21.9 Å². The van der Waals surface area contributed by atoms with Gasteiger partial charge in [0.25, 0.3) is 0 Å². The van der Waals surface area contributed by atoms with Crippen LogP contribution in [0.25, 0.3) is 76.6 Å². The lowest BCUT2D eigenvalue weighted by molar-refractivity contribution is 1.37. The van der Waals surface area contributed by atoms with Crippen molar-refractivity contribution in [2.45, 2.75) is 0 Å². The van der Waals surface area contributed by atoms with Crippen LogP contribution in [0.1, 0.15) is 0 Å². The van der Waals surface area contributed by atoms with E-state index in [2.05, 4.69) is 127 Å². The second-order valence-corrected chi connectivity index (χ2v) is 9.79. The summed E-state index contributed by atoms with van der Waals surface area (Å²) in [4.78, 5) is 10.4. The van der Waals surface area contributed by atoms with Gasteiger partial charge < -0.3 is 0 Å². The van der Waals surface area contributed by atoms with E-state index in [4.69, 9.17) is 9.97 Å². The molecule has 0 aliphatic carbocycles. The van der Waals surface area contributed by atoms with Crippen LogP contribution in [0.5, 0.6) is 0 Å². The van der Waals surface area contributed by atoms with E-state index >= 15 is 0 Å². The van der Waals surface area contributed by atoms with E-state index in [0.717, 1.165) is 44.3 Å². The van der Waals surface area contributed by atoms with Crippen LogP contribution in [0.4, 0.5) is 0 Å². The van der Waals surface area contributed by atoms with Gasteiger partial charge in [-0.15, -0.1) is 0 Å². The van der Waals surface area contributed by atoms with E-state index in [1.165, 1.54) is 32.3 Å². The highest BCUT2D eigenvalue weighted by Crippen LogP contribution is 2.40. The van der Waals surface area contributed by atoms with E-state index in [-0.39, 0.29) is 0 Å². The third kappa shape index (κ3) is 3.14. The Labute approximate surface area is 219 Å². The molecular weight excluding hydrogens is 460 g/mol. The molecule has 0 N–H and O–H groups in total. The van der Waals surface area contributed by atoms with Crippen LogP contribution in [-0.2, 0) is 0 Å². The number of rotatable bonds is 2. The highest BCUT2D eigenvalue weighted by molar-refractivity contribution is 6.28. The third-order valence-corrected chi connectivity index (χ3v) is 7.63. The summed E-state index contributed by atoms with van der Waals surface area (Å²) < 4.78 is 0. The largest absolute Gasteiger partial charge is 0.245 e. The second-order valence-electron chi connectivity index (χ2n) is 9.79. The molecule has 2 heteroatoms. The molecule has 0 saturated heterocycles. The Hall–Kier alpha value is -5.08. The molecule has 0 fully saturated rings. The lowest BCUT2D eigenvalue weighted by Crippen LogP contribution is -1.92. The Balaban J connectivity index is 1.44. The van der Waals surface area contributed by atoms with E-state index < -0.39 is 0 Å². The molecule has 0 bridgehead atoms. The number of pyridine rings is 2. The van der Waals surface area contributed by atoms with Crippen molar-refractivity contribution in [2.75, 3.05) is 0 Å². The van der Waals surface area contributed by atoms with E-state index in [1.54, 1.807) is 0 Å². The Kier molecular flexibility index (Phi) is 4.55. The van der Waals surface area contributed by atoms with Crippen LogP contribution < -0.4 is 0 Å². The fourth-order valence-corrected chi connectivity index (χ4v) is 5.86. The van der Waals surface area contributed by atoms with Crippen molar-refractivity contribution < 1.29 is 0 Å². The highest BCUT2D eigenvalue weighted by Gasteiger charge is 2.14. The normalized spacial score (nSPS) is 11.7. The number of aromatic nitrogens is 2. The van der Waals surface area contributed by atoms with E-state index in [0.29, 0.717) is 0 Å². The average Bonchev–Trinajstić information content (AvgIpc) is 3.01. The molecule has 2 nitrogen and oxygen atoms in total. The molecule has 0 unspecified atom stereocenters. The van der Waals surface area contributed by atoms with Crippen molar-refractivity contribution in [1.29, 1.82) is 0 Å². The number of hydrogen-bond acceptors (Lipinski definition) is 2. The van der Waals surface area contributed by atoms with Gasteiger partial charge in [0.2, 0.25) is 0 Å². The highest BCUT2D eigenvalue weighted by atomic mass is 14.8. The standard InChI is InChI=1S/C36H22N2/c1-2-9-23(10-3-1)32-21-19-24-17-18-25-20-22-33(38-36(25)35(24)37-32)31-16-8-15-30-28-12-5-4-11-26(28)27-13-6-7-14-29(27)34(30)31/h1-22H. The first-order valence-corrected chi connectivity index (χ1v) is 12.9. The lowest BCUT2D eigenvalue weighted by atomic mass is 9.90. The minimum absolute atomic E-state index is 0.930. The Morgan fingerprint density at radius 2 is 0.816 bits per heavy atom. The van der Waals surface area contributed by atoms with Crippen LogP contribution in [0.2, 0.25) is 0 Å². The maximum absolute atomic E-state index is 5.28. The maximum Gasteiger partial charge on any atom is 0.0972 e. The molecule has 0 saturated carbocycles. The van der Waals surface area contributed by atoms with Gasteiger partial charge in [-0.3, -0.25) is 0 Å². The van der Waals surface area contributed by atoms with Gasteiger partial charge in [0.1, 0.15) is 0 Å². The summed E-state index contributed by atoms with van der Waals surface area (Å²) >= 11 is 0. The van der Waals surface area contributed by atoms with Gasteiger partial charge >= 0.3 is 0 Å². The summed E-state index contributed by atoms with van der Waals surface area (Å²) in [6.07, 6.45) is 0. The molecule has 6 aromatic carbocycles. The number of fused-ring (bicyclic) bond motifs is 9. The van der Waals surface area contributed by atoms with Gasteiger partial charge in [-0.2, -0.15) is 0 Å². The molecule has 0 spiro atoms. The summed E-state index contributed by atoms with van der Waals surface area (Å²) in [6.45, 7) is 0. The molecule has 176 valence electrons. The lowest BCUT2D eigenvalue weighted by Gasteiger charge is -2.14. The first kappa shape index (κ1) is 21.0. The number of benzene rings is 6. The first-order valence-electron chi connectivity index (χ1n) is 12.9. The minimum Gasteiger partial charge on any atom is -0.245 e. The van der Waals surface area contributed by atoms with Crippen LogP contribution >= 0.6 is 0 Å². The van der Waals surface area contributed by atoms with Gasteiger partial charge in [0.05, 0.1) is 22.4 Å². The number of hydrogen-bond donors (Lipinski definition) is 0. The predicted molar refractivity (Wildman–Crippen MR) is 160 cm³/mol. The van der Waals surface area contributed by atoms with E-state index in [9.17, 15) is 0 Å². The van der Waals surface area contributed by atoms with Crippen molar-refractivity contribution in [3.63, 3.8) is 0 Å². The fourth-order valence-electron chi connectivity index (χ4n) is 5.86. The first-order chi connectivity index (χ1) is 18.8. The molecule has 38 heavy (non-hydrogen) atoms. The van der Waals surface area contributed by atoms with Crippen LogP contribution in [-0.4, -0.2) is 9.97 Å². The van der Waals surface area contributed by atoms with Gasteiger partial charge in [-0.1, -0.05) is 121 Å². The van der Waals surface area contributed by atoms with Crippen molar-refractivity contribution >= 4 is 54.1 Å². The second kappa shape index (κ2) is 8.22. The SMILES string of the molecule is c1ccc(-c2ccc3ccc4ccc(-c5cccc6c7ccccc7c7ccccc7c56)nc4c3n2)cc1. The van der Waals surface area contributed by atoms with Crippen LogP contribution in [0, 0.1) is 0 Å². The minimum atomic E-state index is 0.930. The van der Waals surface area contributed by atoms with Crippen LogP contribution in [0.3, 0.4) is 0 Å². The van der Waals surface area contributed by atoms with Crippen molar-refractivity contribution in [3.05, 3.63) is 133 Å². The monoisotopic (exact) mass is 482 g/mol. The fraction of sp³-hybridized carbons (Fsp3) is 0. The average molecular weight is 483 g/mol. The van der Waals surface area contributed by atoms with Crippen LogP contribution in [0.15, 0.2) is 133 Å². The summed E-state index contributed by atoms with van der Waals surface area (Å²) in [7, 11) is 0. The summed E-state index contributed by atoms with van der Waals surface area (Å²) in [5, 5.41) is 9.74. The van der Waals surface area contributed by atoms with E-state index in [1.807, 2.05) is 6.07 Å². The molecule has 2 heterocycles. The molecule has 0 aliphatic heterocycles. The maximum atomic E-state index is 5.28. The predicted octanol–water partition coefficient (Wildman–Crippen LogP) is 9.58. The summed E-state index contributed by atoms with van der Waals surface area (Å²) in [6, 6.07) is 47.2. The zero-order chi connectivity index (χ0) is 25.1. The molecule has 0 aliphatic rings. The summed E-state index contributed by atoms with van der Waals surface area (Å²) in [5.41, 5.74) is 6.03. The quantitative estimate of drug-likeness (QED) is 0.229. The van der Waals surface area contributed by atoms with Gasteiger partial charge in [-0.05, 0) is 44.5 Å². The van der Waals surface area contributed by atoms with Crippen molar-refractivity contribution in [1.82, 2.24) is 9.97 Å². The zero-order valence-electron chi connectivity index (χ0n) is 20.6. The molecule has 8 rings (SSSR count). The smallest absolute Gasteiger partial charge is 0.0972 e. The molecule has 0 radical (unpaired) electrons. The van der Waals surface area contributed by atoms with Gasteiger partial charge in [-0.25, -0.2) is 9.97 Å². The Morgan fingerprint density at radius 3 is 1.47 bits per heavy atom. The molecule has 8 aromatic rings. The summed E-state index contributed by atoms with van der Waals surface area (Å²) in [5.74, 6) is 0. The number of nitrogens with zero attached hydrogens (tertiary/aromatic N) is 2. The Morgan fingerprint density at radius 1 is 0.342 bits per heavy atom.